The molecule has 14 atom stereocenters. The van der Waals surface area contributed by atoms with Gasteiger partial charge in [-0.05, 0) is 109 Å². The highest BCUT2D eigenvalue weighted by atomic mass is 16.6. The number of methoxy groups -OCH3 is 1. The first kappa shape index (κ1) is 87.4. The number of rotatable bonds is 38. The molecule has 10 aromatic carbocycles. The summed E-state index contributed by atoms with van der Waals surface area (Å²) < 4.78 is 107. The molecule has 0 radical (unpaired) electrons. The Hall–Kier alpha value is -10.5. The van der Waals surface area contributed by atoms with E-state index < -0.39 is 121 Å². The highest BCUT2D eigenvalue weighted by Gasteiger charge is 2.59. The summed E-state index contributed by atoms with van der Waals surface area (Å²) in [5.41, 5.74) is 6.01. The van der Waals surface area contributed by atoms with Gasteiger partial charge in [0.25, 0.3) is 5.91 Å². The molecule has 21 heteroatoms. The summed E-state index contributed by atoms with van der Waals surface area (Å²) in [5, 5.41) is 3.28. The Morgan fingerprint density at radius 2 is 0.558 bits per heavy atom. The van der Waals surface area contributed by atoms with E-state index in [4.69, 9.17) is 71.1 Å². The first-order chi connectivity index (χ1) is 58.5. The Kier molecular flexibility index (Phi) is 31.8. The Morgan fingerprint density at radius 3 is 0.875 bits per heavy atom. The fourth-order valence-electron chi connectivity index (χ4n) is 15.0. The first-order valence-electron chi connectivity index (χ1n) is 41.1. The van der Waals surface area contributed by atoms with Crippen LogP contribution >= 0.6 is 0 Å². The van der Waals surface area contributed by atoms with Crippen LogP contribution in [0.25, 0.3) is 0 Å². The third-order valence-corrected chi connectivity index (χ3v) is 20.8. The van der Waals surface area contributed by atoms with Crippen molar-refractivity contribution in [3.63, 3.8) is 0 Å². The average molecular weight is 1630 g/mol. The molecule has 13 rings (SSSR count). The van der Waals surface area contributed by atoms with Crippen molar-refractivity contribution in [3.05, 3.63) is 353 Å². The van der Waals surface area contributed by atoms with Gasteiger partial charge >= 0.3 is 12.2 Å². The molecule has 21 nitrogen and oxygen atoms in total. The number of hydrogen-bond donors (Lipinski definition) is 1. The van der Waals surface area contributed by atoms with Gasteiger partial charge in [-0.3, -0.25) is 14.6 Å². The van der Waals surface area contributed by atoms with Crippen molar-refractivity contribution in [2.24, 2.45) is 0 Å². The zero-order valence-corrected chi connectivity index (χ0v) is 69.3. The molecule has 0 spiro atoms. The maximum absolute atomic E-state index is 16.7. The lowest BCUT2D eigenvalue weighted by atomic mass is 9.90. The fourth-order valence-corrected chi connectivity index (χ4v) is 15.0. The molecule has 1 N–H and O–H groups in total. The molecular weight excluding hydrogens is 1520 g/mol. The summed E-state index contributed by atoms with van der Waals surface area (Å²) in [7, 11) is 1.61. The van der Waals surface area contributed by atoms with Crippen molar-refractivity contribution in [1.29, 1.82) is 0 Å². The Balaban J connectivity index is 0.984. The van der Waals surface area contributed by atoms with E-state index in [1.807, 2.05) is 297 Å². The number of nitrogens with one attached hydrogen (secondary N) is 1. The maximum atomic E-state index is 16.7. The lowest BCUT2D eigenvalue weighted by Gasteiger charge is -2.54. The number of likely N-dealkylation sites (tertiary alicyclic amines) is 2. The van der Waals surface area contributed by atoms with Crippen molar-refractivity contribution < 1.29 is 85.4 Å². The van der Waals surface area contributed by atoms with Gasteiger partial charge in [0, 0.05) is 0 Å². The molecular formula is C99H111N3O18. The lowest BCUT2D eigenvalue weighted by Crippen LogP contribution is -2.73. The minimum atomic E-state index is -1.52. The summed E-state index contributed by atoms with van der Waals surface area (Å²) in [6.45, 7) is 10.2. The highest BCUT2D eigenvalue weighted by Crippen LogP contribution is 2.40. The van der Waals surface area contributed by atoms with Gasteiger partial charge in [-0.2, -0.15) is 0 Å². The molecule has 0 aliphatic carbocycles. The minimum absolute atomic E-state index is 0.00338. The second-order valence-corrected chi connectivity index (χ2v) is 32.1. The third-order valence-electron chi connectivity index (χ3n) is 20.8. The van der Waals surface area contributed by atoms with Crippen LogP contribution in [0.15, 0.2) is 297 Å². The van der Waals surface area contributed by atoms with E-state index in [2.05, 4.69) is 5.32 Å². The molecule has 0 bridgehead atoms. The topological polar surface area (TPSA) is 208 Å². The van der Waals surface area contributed by atoms with Crippen LogP contribution in [0.4, 0.5) is 9.59 Å². The van der Waals surface area contributed by atoms with Crippen molar-refractivity contribution >= 4 is 18.1 Å². The van der Waals surface area contributed by atoms with Crippen LogP contribution in [-0.4, -0.2) is 152 Å². The van der Waals surface area contributed by atoms with Crippen molar-refractivity contribution in [3.8, 4) is 5.75 Å². The van der Waals surface area contributed by atoms with Gasteiger partial charge in [0.15, 0.2) is 18.6 Å². The van der Waals surface area contributed by atoms with E-state index in [1.165, 1.54) is 9.80 Å². The second kappa shape index (κ2) is 43.7. The molecule has 3 aliphatic rings. The monoisotopic (exact) mass is 1630 g/mol. The molecule has 3 saturated heterocycles. The number of hydrogen-bond acceptors (Lipinski definition) is 18. The fraction of sp³-hybridized carbons (Fsp3) is 0.364. The molecule has 0 aromatic heterocycles. The molecule has 120 heavy (non-hydrogen) atoms. The van der Waals surface area contributed by atoms with Crippen LogP contribution in [0.5, 0.6) is 5.75 Å². The molecule has 3 aliphatic heterocycles. The number of ether oxygens (including phenoxy) is 15. The number of carbonyl (C=O) groups excluding carboxylic acids is 3. The van der Waals surface area contributed by atoms with E-state index in [0.29, 0.717) is 5.75 Å². The van der Waals surface area contributed by atoms with Crippen LogP contribution in [0.3, 0.4) is 0 Å². The molecule has 0 unspecified atom stereocenters. The predicted octanol–water partition coefficient (Wildman–Crippen LogP) is 16.9. The summed E-state index contributed by atoms with van der Waals surface area (Å²) in [5.74, 6) is 0.183. The number of amides is 3. The molecule has 3 heterocycles. The molecule has 0 saturated carbocycles. The predicted molar refractivity (Wildman–Crippen MR) is 453 cm³/mol. The van der Waals surface area contributed by atoms with E-state index >= 15 is 14.4 Å². The molecule has 3 amide bonds. The van der Waals surface area contributed by atoms with E-state index in [-0.39, 0.29) is 79.3 Å². The van der Waals surface area contributed by atoms with E-state index in [0.717, 1.165) is 55.6 Å². The van der Waals surface area contributed by atoms with Gasteiger partial charge in [-0.25, -0.2) is 9.59 Å². The maximum Gasteiger partial charge on any atom is 0.412 e. The Morgan fingerprint density at radius 1 is 0.292 bits per heavy atom. The molecule has 3 fully saturated rings. The SMILES string of the molecule is COc1ccc(COC[C@@H]2[C@@H](OCc3ccccc3)[C@H](OCc3ccccc3)[C@@H](OCc3ccccc3)[C@@H](OC[C@@H]3[C@@H](OCc4ccccc4)[C@H](OCc4ccccc4)[C@@H](OCc4ccccc4)[C@@H](OC[C@H]4NC(=O)[C@H](OCc5ccccc5)[C@@H](OCc5ccccc5)[C@@H]4OCc4ccccc4)N3C(=O)OC(C)(C)C)N2C(=O)OC(C)(C)C)cc1. The van der Waals surface area contributed by atoms with Crippen LogP contribution in [0.2, 0.25) is 0 Å². The van der Waals surface area contributed by atoms with Gasteiger partial charge in [0.1, 0.15) is 65.8 Å². The summed E-state index contributed by atoms with van der Waals surface area (Å²) in [4.78, 5) is 51.5. The highest BCUT2D eigenvalue weighted by molar-refractivity contribution is 5.83. The van der Waals surface area contributed by atoms with Gasteiger partial charge in [0.2, 0.25) is 0 Å². The zero-order valence-electron chi connectivity index (χ0n) is 69.3. The van der Waals surface area contributed by atoms with E-state index in [9.17, 15) is 0 Å². The van der Waals surface area contributed by atoms with Gasteiger partial charge < -0.3 is 76.4 Å². The van der Waals surface area contributed by atoms with Gasteiger partial charge in [-0.1, -0.05) is 285 Å². The molecule has 10 aromatic rings. The number of carbonyl (C=O) groups is 3. The van der Waals surface area contributed by atoms with E-state index in [1.54, 1.807) is 48.7 Å². The van der Waals surface area contributed by atoms with Crippen molar-refractivity contribution in [2.45, 2.75) is 204 Å². The number of benzene rings is 10. The largest absolute Gasteiger partial charge is 0.497 e. The summed E-state index contributed by atoms with van der Waals surface area (Å²) >= 11 is 0. The Labute approximate surface area is 704 Å². The van der Waals surface area contributed by atoms with Gasteiger partial charge in [-0.15, -0.1) is 0 Å². The lowest BCUT2D eigenvalue weighted by molar-refractivity contribution is -0.291. The standard InChI is InChI=1S/C99H111N3O18/c1-98(2,3)119-96(104)101-82(68-107-57-79-53-55-80(106-7)56-54-79)85(109-59-71-37-19-9-20-38-71)88(112-62-74-43-25-12-26-44-74)92(116-66-78-51-33-16-34-52-78)95(101)118-69-83-86(110-60-72-39-21-10-22-40-72)89(113-63-75-45-27-13-28-46-75)91(115-65-77-49-31-15-32-50-77)94(102(83)97(105)120-99(4,5)6)117-67-81-84(108-58-70-35-17-8-18-36-70)87(111-61-73-41-23-11-24-42-73)90(93(103)100-81)114-64-76-47-29-14-30-48-76/h8-56,81-92,94-95H,57-69H2,1-7H3,(H,100,103)/t81-,82-,83-,84-,85-,86-,87+,88+,89+,90-,91-,92-,94-,95-/m1/s1. The minimum Gasteiger partial charge on any atom is -0.497 e. The third kappa shape index (κ3) is 25.1. The molecule has 630 valence electrons. The van der Waals surface area contributed by atoms with Crippen LogP contribution in [0, 0.1) is 0 Å². The smallest absolute Gasteiger partial charge is 0.412 e. The summed E-state index contributed by atoms with van der Waals surface area (Å²) in [6, 6.07) is 91.5. The van der Waals surface area contributed by atoms with Crippen LogP contribution < -0.4 is 10.1 Å². The Bertz CT molecular complexity index is 4660. The second-order valence-electron chi connectivity index (χ2n) is 32.1. The normalized spacial score (nSPS) is 22.6. The van der Waals surface area contributed by atoms with Crippen LogP contribution in [-0.2, 0) is 137 Å². The first-order valence-corrected chi connectivity index (χ1v) is 41.1. The van der Waals surface area contributed by atoms with Gasteiger partial charge in [0.05, 0.1) is 111 Å². The summed E-state index contributed by atoms with van der Waals surface area (Å²) in [6.07, 6.45) is -15.0. The van der Waals surface area contributed by atoms with Crippen molar-refractivity contribution in [1.82, 2.24) is 15.1 Å². The number of piperidine rings is 3. The zero-order chi connectivity index (χ0) is 83.5. The van der Waals surface area contributed by atoms with Crippen molar-refractivity contribution in [2.75, 3.05) is 26.9 Å². The quantitative estimate of drug-likeness (QED) is 0.0381. The number of nitrogens with zero attached hydrogens (tertiary/aromatic N) is 2. The van der Waals surface area contributed by atoms with Crippen LogP contribution in [0.1, 0.15) is 97.2 Å². The average Bonchev–Trinajstić information content (AvgIpc) is 0.747.